The number of aryl methyl sites for hydroxylation is 1. The molecule has 2 atom stereocenters. The van der Waals surface area contributed by atoms with Gasteiger partial charge in [0.05, 0.1) is 0 Å². The largest absolute Gasteiger partial charge is 0.480 e. The Morgan fingerprint density at radius 1 is 0.968 bits per heavy atom. The fourth-order valence-corrected chi connectivity index (χ4v) is 4.67. The third-order valence-electron chi connectivity index (χ3n) is 4.65. The van der Waals surface area contributed by atoms with Gasteiger partial charge in [-0.25, -0.2) is 4.79 Å². The number of hydrogen-bond acceptors (Lipinski definition) is 5. The van der Waals surface area contributed by atoms with Crippen molar-refractivity contribution in [3.05, 3.63) is 71.3 Å². The third-order valence-corrected chi connectivity index (χ3v) is 6.92. The predicted molar refractivity (Wildman–Crippen MR) is 129 cm³/mol. The highest BCUT2D eigenvalue weighted by atomic mass is 32.2. The van der Waals surface area contributed by atoms with Crippen LogP contribution in [-0.4, -0.2) is 39.6 Å². The van der Waals surface area contributed by atoms with Crippen LogP contribution in [0.5, 0.6) is 0 Å². The number of carboxylic acid groups (broad SMARTS) is 1. The molecule has 0 fully saturated rings. The second-order valence-electron chi connectivity index (χ2n) is 7.35. The summed E-state index contributed by atoms with van der Waals surface area (Å²) in [4.78, 5) is 36.2. The number of carbonyl (C=O) groups excluding carboxylic acids is 2. The number of thioether (sulfide) groups is 2. The number of aliphatic carboxylic acids is 1. The average Bonchev–Trinajstić information content (AvgIpc) is 2.78. The summed E-state index contributed by atoms with van der Waals surface area (Å²) in [5, 5.41) is 12.0. The number of carboxylic acids is 1. The predicted octanol–water partition coefficient (Wildman–Crippen LogP) is 4.65. The second-order valence-corrected chi connectivity index (χ2v) is 9.37. The van der Waals surface area contributed by atoms with Crippen LogP contribution in [0.4, 0.5) is 0 Å². The van der Waals surface area contributed by atoms with Gasteiger partial charge in [-0.3, -0.25) is 9.59 Å². The highest BCUT2D eigenvalue weighted by Gasteiger charge is 2.23. The first-order chi connectivity index (χ1) is 14.9. The molecule has 0 heterocycles. The molecular formula is C24H29NO4S2. The molecule has 0 aliphatic carbocycles. The normalized spacial score (nSPS) is 12.7. The Kier molecular flexibility index (Phi) is 10.7. The standard InChI is InChI=1S/C24H29NO4S2/c1-3-7-18-10-12-19(13-11-18)15-30-16-21(23(27)28)25-22(26)17(2)14-31-24(29)20-8-5-4-6-9-20/h4-6,8-13,17,21H,3,7,14-16H2,1-2H3,(H,25,26)(H,27,28)/t17-,21+/m1/s1. The minimum atomic E-state index is -1.06. The SMILES string of the molecule is CCCc1ccc(CSC[C@H](NC(=O)[C@H](C)CSC(=O)c2ccccc2)C(=O)O)cc1. The summed E-state index contributed by atoms with van der Waals surface area (Å²) < 4.78 is 0. The van der Waals surface area contributed by atoms with Crippen molar-refractivity contribution in [2.75, 3.05) is 11.5 Å². The van der Waals surface area contributed by atoms with Crippen molar-refractivity contribution in [2.45, 2.75) is 38.5 Å². The Morgan fingerprint density at radius 2 is 1.61 bits per heavy atom. The minimum absolute atomic E-state index is 0.101. The van der Waals surface area contributed by atoms with Gasteiger partial charge in [0.15, 0.2) is 0 Å². The molecule has 2 aromatic rings. The lowest BCUT2D eigenvalue weighted by Crippen LogP contribution is -2.45. The summed E-state index contributed by atoms with van der Waals surface area (Å²) >= 11 is 2.55. The highest BCUT2D eigenvalue weighted by molar-refractivity contribution is 8.14. The summed E-state index contributed by atoms with van der Waals surface area (Å²) in [6, 6.07) is 16.3. The maximum absolute atomic E-state index is 12.4. The van der Waals surface area contributed by atoms with Gasteiger partial charge in [0.1, 0.15) is 6.04 Å². The number of amides is 1. The van der Waals surface area contributed by atoms with Crippen molar-refractivity contribution in [1.29, 1.82) is 0 Å². The zero-order valence-corrected chi connectivity index (χ0v) is 19.5. The molecule has 0 saturated heterocycles. The minimum Gasteiger partial charge on any atom is -0.480 e. The lowest BCUT2D eigenvalue weighted by Gasteiger charge is -2.17. The number of carbonyl (C=O) groups is 3. The Morgan fingerprint density at radius 3 is 2.23 bits per heavy atom. The summed E-state index contributed by atoms with van der Waals surface area (Å²) in [5.41, 5.74) is 3.01. The van der Waals surface area contributed by atoms with E-state index in [0.717, 1.165) is 30.2 Å². The Labute approximate surface area is 192 Å². The molecule has 0 aromatic heterocycles. The van der Waals surface area contributed by atoms with E-state index in [0.29, 0.717) is 17.1 Å². The molecule has 0 aliphatic heterocycles. The molecule has 2 aromatic carbocycles. The van der Waals surface area contributed by atoms with Crippen molar-refractivity contribution >= 4 is 40.5 Å². The van der Waals surface area contributed by atoms with E-state index >= 15 is 0 Å². The summed E-state index contributed by atoms with van der Waals surface area (Å²) in [6.45, 7) is 3.84. The maximum atomic E-state index is 12.4. The quantitative estimate of drug-likeness (QED) is 0.481. The molecule has 0 unspecified atom stereocenters. The van der Waals surface area contributed by atoms with Gasteiger partial charge >= 0.3 is 5.97 Å². The molecular weight excluding hydrogens is 430 g/mol. The summed E-state index contributed by atoms with van der Waals surface area (Å²) in [6.07, 6.45) is 2.15. The topological polar surface area (TPSA) is 83.5 Å². The van der Waals surface area contributed by atoms with Gasteiger partial charge < -0.3 is 10.4 Å². The van der Waals surface area contributed by atoms with Gasteiger partial charge in [0, 0.05) is 28.7 Å². The Balaban J connectivity index is 1.78. The zero-order chi connectivity index (χ0) is 22.6. The van der Waals surface area contributed by atoms with Crippen molar-refractivity contribution in [2.24, 2.45) is 5.92 Å². The molecule has 0 saturated carbocycles. The first-order valence-corrected chi connectivity index (χ1v) is 12.5. The number of benzene rings is 2. The van der Waals surface area contributed by atoms with Crippen LogP contribution >= 0.6 is 23.5 Å². The van der Waals surface area contributed by atoms with E-state index in [-0.39, 0.29) is 16.8 Å². The van der Waals surface area contributed by atoms with E-state index in [1.54, 1.807) is 31.2 Å². The van der Waals surface area contributed by atoms with Crippen LogP contribution < -0.4 is 5.32 Å². The maximum Gasteiger partial charge on any atom is 0.327 e. The average molecular weight is 460 g/mol. The van der Waals surface area contributed by atoms with Crippen LogP contribution in [0.25, 0.3) is 0 Å². The van der Waals surface area contributed by atoms with Crippen LogP contribution in [0.15, 0.2) is 54.6 Å². The molecule has 5 nitrogen and oxygen atoms in total. The first kappa shape index (κ1) is 25.0. The van der Waals surface area contributed by atoms with Crippen molar-refractivity contribution in [1.82, 2.24) is 5.32 Å². The van der Waals surface area contributed by atoms with E-state index in [4.69, 9.17) is 0 Å². The van der Waals surface area contributed by atoms with Gasteiger partial charge in [-0.1, -0.05) is 86.6 Å². The van der Waals surface area contributed by atoms with Crippen LogP contribution in [0.1, 0.15) is 41.8 Å². The van der Waals surface area contributed by atoms with Gasteiger partial charge in [0.25, 0.3) is 0 Å². The summed E-state index contributed by atoms with van der Waals surface area (Å²) in [5.74, 6) is -0.632. The third kappa shape index (κ3) is 8.79. The van der Waals surface area contributed by atoms with Crippen LogP contribution in [0.3, 0.4) is 0 Å². The molecule has 2 N–H and O–H groups in total. The molecule has 31 heavy (non-hydrogen) atoms. The van der Waals surface area contributed by atoms with Gasteiger partial charge in [-0.2, -0.15) is 11.8 Å². The van der Waals surface area contributed by atoms with E-state index in [2.05, 4.69) is 36.5 Å². The van der Waals surface area contributed by atoms with Gasteiger partial charge in [0.2, 0.25) is 11.0 Å². The zero-order valence-electron chi connectivity index (χ0n) is 17.9. The molecule has 2 rings (SSSR count). The molecule has 7 heteroatoms. The fourth-order valence-electron chi connectivity index (χ4n) is 2.81. The molecule has 166 valence electrons. The van der Waals surface area contributed by atoms with Crippen LogP contribution in [0, 0.1) is 5.92 Å². The van der Waals surface area contributed by atoms with Gasteiger partial charge in [-0.05, 0) is 17.5 Å². The smallest absolute Gasteiger partial charge is 0.327 e. The van der Waals surface area contributed by atoms with E-state index in [1.165, 1.54) is 17.3 Å². The highest BCUT2D eigenvalue weighted by Crippen LogP contribution is 2.17. The van der Waals surface area contributed by atoms with E-state index < -0.39 is 17.9 Å². The van der Waals surface area contributed by atoms with Crippen molar-refractivity contribution < 1.29 is 19.5 Å². The van der Waals surface area contributed by atoms with Gasteiger partial charge in [-0.15, -0.1) is 0 Å². The van der Waals surface area contributed by atoms with Crippen molar-refractivity contribution in [3.63, 3.8) is 0 Å². The Bertz CT molecular complexity index is 856. The number of rotatable bonds is 12. The molecule has 0 radical (unpaired) electrons. The Hall–Kier alpha value is -2.25. The van der Waals surface area contributed by atoms with E-state index in [1.807, 2.05) is 6.07 Å². The molecule has 1 amide bonds. The number of nitrogens with one attached hydrogen (secondary N) is 1. The van der Waals surface area contributed by atoms with Crippen LogP contribution in [0.2, 0.25) is 0 Å². The molecule has 0 spiro atoms. The second kappa shape index (κ2) is 13.2. The molecule has 0 aliphatic rings. The molecule has 0 bridgehead atoms. The lowest BCUT2D eigenvalue weighted by molar-refractivity contribution is -0.141. The lowest BCUT2D eigenvalue weighted by atomic mass is 10.1. The van der Waals surface area contributed by atoms with Crippen molar-refractivity contribution in [3.8, 4) is 0 Å². The summed E-state index contributed by atoms with van der Waals surface area (Å²) in [7, 11) is 0. The number of hydrogen-bond donors (Lipinski definition) is 2. The first-order valence-electron chi connectivity index (χ1n) is 10.3. The monoisotopic (exact) mass is 459 g/mol. The van der Waals surface area contributed by atoms with E-state index in [9.17, 15) is 19.5 Å². The van der Waals surface area contributed by atoms with Crippen LogP contribution in [-0.2, 0) is 21.8 Å². The fraction of sp³-hybridized carbons (Fsp3) is 0.375.